The van der Waals surface area contributed by atoms with Crippen LogP contribution in [-0.2, 0) is 29.0 Å². The highest BCUT2D eigenvalue weighted by atomic mass is 79.9. The highest BCUT2D eigenvalue weighted by Crippen LogP contribution is 2.19. The highest BCUT2D eigenvalue weighted by Gasteiger charge is 2.30. The second-order valence-electron chi connectivity index (χ2n) is 8.60. The Balaban J connectivity index is 1.95. The molecule has 34 heavy (non-hydrogen) atoms. The van der Waals surface area contributed by atoms with E-state index in [2.05, 4.69) is 28.2 Å². The van der Waals surface area contributed by atoms with Crippen molar-refractivity contribution in [3.63, 3.8) is 0 Å². The molecular formula is C29H33BrN2O2. The minimum Gasteiger partial charge on any atom is -0.354 e. The number of benzene rings is 3. The van der Waals surface area contributed by atoms with E-state index in [-0.39, 0.29) is 18.2 Å². The van der Waals surface area contributed by atoms with Gasteiger partial charge in [-0.3, -0.25) is 9.59 Å². The van der Waals surface area contributed by atoms with Crippen LogP contribution < -0.4 is 5.32 Å². The first-order valence-electron chi connectivity index (χ1n) is 11.9. The summed E-state index contributed by atoms with van der Waals surface area (Å²) in [5.41, 5.74) is 4.06. The minimum atomic E-state index is -0.602. The summed E-state index contributed by atoms with van der Waals surface area (Å²) in [6.07, 6.45) is 2.63. The standard InChI is InChI=1S/C29H33BrN2O2/c1-3-4-17-31-29(34)27(19-23-12-6-5-7-13-23)32(21-24-14-10-16-26(30)18-24)28(33)20-25-15-9-8-11-22(25)2/h5-16,18,27H,3-4,17,19-21H2,1-2H3,(H,31,34). The molecule has 0 radical (unpaired) electrons. The lowest BCUT2D eigenvalue weighted by molar-refractivity contribution is -0.140. The number of carbonyl (C=O) groups excluding carboxylic acids is 2. The number of carbonyl (C=O) groups is 2. The molecule has 3 aromatic rings. The van der Waals surface area contributed by atoms with Crippen LogP contribution in [-0.4, -0.2) is 29.3 Å². The first kappa shape index (κ1) is 25.7. The summed E-state index contributed by atoms with van der Waals surface area (Å²) >= 11 is 3.53. The van der Waals surface area contributed by atoms with Crippen molar-refractivity contribution >= 4 is 27.7 Å². The molecule has 1 N–H and O–H groups in total. The van der Waals surface area contributed by atoms with Crippen molar-refractivity contribution in [2.24, 2.45) is 0 Å². The van der Waals surface area contributed by atoms with Gasteiger partial charge in [0.25, 0.3) is 0 Å². The lowest BCUT2D eigenvalue weighted by Crippen LogP contribution is -2.51. The van der Waals surface area contributed by atoms with Gasteiger partial charge in [0.15, 0.2) is 0 Å². The zero-order valence-corrected chi connectivity index (χ0v) is 21.6. The van der Waals surface area contributed by atoms with E-state index in [1.165, 1.54) is 0 Å². The molecule has 2 amide bonds. The van der Waals surface area contributed by atoms with Crippen LogP contribution in [0.15, 0.2) is 83.3 Å². The molecule has 0 aliphatic heterocycles. The molecule has 0 aliphatic rings. The molecular weight excluding hydrogens is 488 g/mol. The Hall–Kier alpha value is -2.92. The molecule has 3 aromatic carbocycles. The van der Waals surface area contributed by atoms with Gasteiger partial charge in [-0.1, -0.05) is 96.0 Å². The third-order valence-electron chi connectivity index (χ3n) is 5.95. The molecule has 1 atom stereocenters. The molecule has 0 bridgehead atoms. The van der Waals surface area contributed by atoms with E-state index in [9.17, 15) is 9.59 Å². The number of aryl methyl sites for hydroxylation is 1. The van der Waals surface area contributed by atoms with Gasteiger partial charge in [-0.2, -0.15) is 0 Å². The number of unbranched alkanes of at least 4 members (excludes halogenated alkanes) is 1. The maximum absolute atomic E-state index is 13.8. The Labute approximate surface area is 211 Å². The fourth-order valence-electron chi connectivity index (χ4n) is 3.97. The van der Waals surface area contributed by atoms with E-state index in [1.54, 1.807) is 4.90 Å². The van der Waals surface area contributed by atoms with E-state index >= 15 is 0 Å². The van der Waals surface area contributed by atoms with E-state index in [0.29, 0.717) is 19.5 Å². The molecule has 0 saturated carbocycles. The molecule has 4 nitrogen and oxygen atoms in total. The summed E-state index contributed by atoms with van der Waals surface area (Å²) < 4.78 is 0.948. The predicted molar refractivity (Wildman–Crippen MR) is 141 cm³/mol. The second kappa shape index (κ2) is 13.1. The number of hydrogen-bond donors (Lipinski definition) is 1. The van der Waals surface area contributed by atoms with Crippen molar-refractivity contribution in [2.45, 2.75) is 52.1 Å². The summed E-state index contributed by atoms with van der Waals surface area (Å²) in [6, 6.07) is 25.1. The van der Waals surface area contributed by atoms with Crippen LogP contribution >= 0.6 is 15.9 Å². The smallest absolute Gasteiger partial charge is 0.243 e. The number of hydrogen-bond acceptors (Lipinski definition) is 2. The molecule has 0 aromatic heterocycles. The third-order valence-corrected chi connectivity index (χ3v) is 6.44. The number of amides is 2. The quantitative estimate of drug-likeness (QED) is 0.322. The molecule has 1 unspecified atom stereocenters. The summed E-state index contributed by atoms with van der Waals surface area (Å²) in [5.74, 6) is -0.161. The van der Waals surface area contributed by atoms with Gasteiger partial charge in [-0.25, -0.2) is 0 Å². The van der Waals surface area contributed by atoms with Gasteiger partial charge >= 0.3 is 0 Å². The van der Waals surface area contributed by atoms with E-state index in [4.69, 9.17) is 0 Å². The Bertz CT molecular complexity index is 1080. The summed E-state index contributed by atoms with van der Waals surface area (Å²) in [4.78, 5) is 28.9. The van der Waals surface area contributed by atoms with Crippen LogP contribution in [0.5, 0.6) is 0 Å². The van der Waals surface area contributed by atoms with Crippen LogP contribution in [0.3, 0.4) is 0 Å². The SMILES string of the molecule is CCCCNC(=O)C(Cc1ccccc1)N(Cc1cccc(Br)c1)C(=O)Cc1ccccc1C. The zero-order valence-electron chi connectivity index (χ0n) is 20.0. The monoisotopic (exact) mass is 520 g/mol. The summed E-state index contributed by atoms with van der Waals surface area (Å²) in [7, 11) is 0. The molecule has 5 heteroatoms. The molecule has 178 valence electrons. The Morgan fingerprint density at radius 3 is 2.35 bits per heavy atom. The average Bonchev–Trinajstić information content (AvgIpc) is 2.83. The van der Waals surface area contributed by atoms with Crippen LogP contribution in [0.25, 0.3) is 0 Å². The van der Waals surface area contributed by atoms with Gasteiger partial charge < -0.3 is 10.2 Å². The molecule has 0 aliphatic carbocycles. The van der Waals surface area contributed by atoms with E-state index in [0.717, 1.165) is 39.6 Å². The minimum absolute atomic E-state index is 0.0548. The van der Waals surface area contributed by atoms with Gasteiger partial charge in [0, 0.05) is 24.0 Å². The predicted octanol–water partition coefficient (Wildman–Crippen LogP) is 5.86. The number of rotatable bonds is 11. The lowest BCUT2D eigenvalue weighted by atomic mass is 10.00. The van der Waals surface area contributed by atoms with Crippen LogP contribution in [0, 0.1) is 6.92 Å². The number of nitrogens with one attached hydrogen (secondary N) is 1. The fraction of sp³-hybridized carbons (Fsp3) is 0.310. The van der Waals surface area contributed by atoms with Crippen LogP contribution in [0.4, 0.5) is 0 Å². The molecule has 0 spiro atoms. The number of halogens is 1. The van der Waals surface area contributed by atoms with Gasteiger partial charge in [0.05, 0.1) is 6.42 Å². The van der Waals surface area contributed by atoms with Crippen LogP contribution in [0.1, 0.15) is 42.0 Å². The van der Waals surface area contributed by atoms with Gasteiger partial charge in [-0.15, -0.1) is 0 Å². The normalized spacial score (nSPS) is 11.6. The Kier molecular flexibility index (Phi) is 9.89. The average molecular weight is 521 g/mol. The molecule has 0 fully saturated rings. The van der Waals surface area contributed by atoms with Crippen molar-refractivity contribution in [3.05, 3.63) is 106 Å². The first-order chi connectivity index (χ1) is 16.5. The molecule has 3 rings (SSSR count). The van der Waals surface area contributed by atoms with Gasteiger partial charge in [-0.05, 0) is 47.7 Å². The highest BCUT2D eigenvalue weighted by molar-refractivity contribution is 9.10. The van der Waals surface area contributed by atoms with Crippen molar-refractivity contribution in [2.75, 3.05) is 6.54 Å². The van der Waals surface area contributed by atoms with Crippen molar-refractivity contribution < 1.29 is 9.59 Å². The van der Waals surface area contributed by atoms with E-state index in [1.807, 2.05) is 85.8 Å². The molecule has 0 heterocycles. The summed E-state index contributed by atoms with van der Waals surface area (Å²) in [6.45, 7) is 5.08. The fourth-order valence-corrected chi connectivity index (χ4v) is 4.41. The van der Waals surface area contributed by atoms with Crippen LogP contribution in [0.2, 0.25) is 0 Å². The zero-order chi connectivity index (χ0) is 24.3. The van der Waals surface area contributed by atoms with E-state index < -0.39 is 6.04 Å². The van der Waals surface area contributed by atoms with Crippen molar-refractivity contribution in [1.82, 2.24) is 10.2 Å². The Morgan fingerprint density at radius 2 is 1.65 bits per heavy atom. The maximum atomic E-state index is 13.8. The second-order valence-corrected chi connectivity index (χ2v) is 9.52. The largest absolute Gasteiger partial charge is 0.354 e. The van der Waals surface area contributed by atoms with Crippen molar-refractivity contribution in [3.8, 4) is 0 Å². The first-order valence-corrected chi connectivity index (χ1v) is 12.7. The van der Waals surface area contributed by atoms with Crippen molar-refractivity contribution in [1.29, 1.82) is 0 Å². The lowest BCUT2D eigenvalue weighted by Gasteiger charge is -2.32. The molecule has 0 saturated heterocycles. The third kappa shape index (κ3) is 7.56. The topological polar surface area (TPSA) is 49.4 Å². The summed E-state index contributed by atoms with van der Waals surface area (Å²) in [5, 5.41) is 3.07. The number of nitrogens with zero attached hydrogens (tertiary/aromatic N) is 1. The van der Waals surface area contributed by atoms with Gasteiger partial charge in [0.2, 0.25) is 11.8 Å². The van der Waals surface area contributed by atoms with Gasteiger partial charge in [0.1, 0.15) is 6.04 Å². The Morgan fingerprint density at radius 1 is 0.941 bits per heavy atom. The maximum Gasteiger partial charge on any atom is 0.243 e.